The van der Waals surface area contributed by atoms with Gasteiger partial charge >= 0.3 is 5.97 Å². The molecule has 0 aromatic heterocycles. The summed E-state index contributed by atoms with van der Waals surface area (Å²) in [6, 6.07) is 9.96. The number of hydrogen-bond donors (Lipinski definition) is 14. The van der Waals surface area contributed by atoms with Crippen molar-refractivity contribution in [2.45, 2.75) is 105 Å². The van der Waals surface area contributed by atoms with Crippen LogP contribution in [0.3, 0.4) is 0 Å². The third-order valence-corrected chi connectivity index (χ3v) is 11.0. The molecule has 3 aromatic rings. The van der Waals surface area contributed by atoms with Gasteiger partial charge < -0.3 is 109 Å². The maximum absolute atomic E-state index is 12.5. The number of aliphatic hydroxyl groups excluding tert-OH is 9. The summed E-state index contributed by atoms with van der Waals surface area (Å²) >= 11 is 0. The molecule has 7 rings (SSSR count). The molecule has 0 bridgehead atoms. The lowest BCUT2D eigenvalue weighted by molar-refractivity contribution is -0.324. The van der Waals surface area contributed by atoms with Crippen LogP contribution >= 0.6 is 0 Å². The molecular formula is C42H48O23. The van der Waals surface area contributed by atoms with Crippen LogP contribution in [0.4, 0.5) is 0 Å². The maximum atomic E-state index is 12.5. The molecule has 3 saturated heterocycles. The molecule has 3 aromatic carbocycles. The first kappa shape index (κ1) is 47.5. The van der Waals surface area contributed by atoms with Crippen molar-refractivity contribution in [2.24, 2.45) is 0 Å². The van der Waals surface area contributed by atoms with Crippen molar-refractivity contribution in [2.75, 3.05) is 13.2 Å². The van der Waals surface area contributed by atoms with E-state index in [4.69, 9.17) is 37.9 Å². The van der Waals surface area contributed by atoms with Crippen molar-refractivity contribution < 1.29 is 114 Å². The lowest BCUT2D eigenvalue weighted by Gasteiger charge is -2.43. The smallest absolute Gasteiger partial charge is 0.330 e. The first-order valence-corrected chi connectivity index (χ1v) is 20.0. The number of rotatable bonds is 12. The molecule has 3 fully saturated rings. The Labute approximate surface area is 367 Å². The van der Waals surface area contributed by atoms with Crippen molar-refractivity contribution in [3.8, 4) is 40.2 Å². The highest BCUT2D eigenvalue weighted by molar-refractivity contribution is 5.87. The van der Waals surface area contributed by atoms with Crippen LogP contribution in [0.5, 0.6) is 40.2 Å². The highest BCUT2D eigenvalue weighted by Crippen LogP contribution is 2.48. The Hall–Kier alpha value is -5.51. The number of phenols is 5. The van der Waals surface area contributed by atoms with Gasteiger partial charge in [0.2, 0.25) is 12.6 Å². The fourth-order valence-corrected chi connectivity index (χ4v) is 7.30. The van der Waals surface area contributed by atoms with E-state index in [9.17, 15) is 76.3 Å². The molecule has 4 aliphatic rings. The van der Waals surface area contributed by atoms with E-state index in [0.717, 1.165) is 30.3 Å². The summed E-state index contributed by atoms with van der Waals surface area (Å²) in [5.74, 6) is -4.77. The van der Waals surface area contributed by atoms with Crippen molar-refractivity contribution in [1.29, 1.82) is 0 Å². The zero-order valence-corrected chi connectivity index (χ0v) is 33.9. The number of esters is 1. The van der Waals surface area contributed by atoms with E-state index in [1.54, 1.807) is 0 Å². The fraction of sp³-hybridized carbons (Fsp3) is 0.452. The van der Waals surface area contributed by atoms with Gasteiger partial charge in [0.15, 0.2) is 29.6 Å². The molecule has 23 heteroatoms. The van der Waals surface area contributed by atoms with Gasteiger partial charge in [-0.3, -0.25) is 0 Å². The highest BCUT2D eigenvalue weighted by Gasteiger charge is 2.49. The van der Waals surface area contributed by atoms with Crippen molar-refractivity contribution >= 4 is 18.1 Å². The number of carbonyl (C=O) groups excluding carboxylic acids is 1. The van der Waals surface area contributed by atoms with Crippen LogP contribution < -0.4 is 9.47 Å². The van der Waals surface area contributed by atoms with E-state index in [-0.39, 0.29) is 34.1 Å². The van der Waals surface area contributed by atoms with Crippen LogP contribution in [0, 0.1) is 0 Å². The molecule has 23 nitrogen and oxygen atoms in total. The number of aromatic hydroxyl groups is 5. The number of carbonyl (C=O) groups is 1. The van der Waals surface area contributed by atoms with Gasteiger partial charge in [-0.25, -0.2) is 4.79 Å². The average molecular weight is 921 g/mol. The van der Waals surface area contributed by atoms with Gasteiger partial charge in [-0.1, -0.05) is 12.1 Å². The minimum atomic E-state index is -2.01. The van der Waals surface area contributed by atoms with Crippen LogP contribution in [0.1, 0.15) is 29.7 Å². The van der Waals surface area contributed by atoms with E-state index < -0.39 is 140 Å². The van der Waals surface area contributed by atoms with E-state index in [1.807, 2.05) is 0 Å². The predicted molar refractivity (Wildman–Crippen MR) is 212 cm³/mol. The number of fused-ring (bicyclic) bond motifs is 1. The van der Waals surface area contributed by atoms with E-state index in [1.165, 1.54) is 43.3 Å². The Balaban J connectivity index is 1.14. The second kappa shape index (κ2) is 19.5. The molecule has 4 aliphatic heterocycles. The summed E-state index contributed by atoms with van der Waals surface area (Å²) in [6.45, 7) is 0.107. The molecule has 0 spiro atoms. The SMILES string of the molecule is C[C@H]1O[C@@H](OC[C@H]2O[C@@H](OC3=Cc4c(cc(O)cc4O[C@@H]4O[C@H](COC(=O)/C=C/c5ccc(O)cc5)[C@@H](O)[C@H](O)[C@H]4O)OC3c3cc(O)c(O)c(O)c3)[C@H](O)[C@H](O)[C@H]2O)[C@@H](O)[C@@H](O)[C@H]1O. The molecular weight excluding hydrogens is 872 g/mol. The van der Waals surface area contributed by atoms with E-state index in [0.29, 0.717) is 5.56 Å². The number of aliphatic hydroxyl groups is 9. The molecule has 0 saturated carbocycles. The summed E-state index contributed by atoms with van der Waals surface area (Å²) < 4.78 is 45.8. The largest absolute Gasteiger partial charge is 0.508 e. The maximum Gasteiger partial charge on any atom is 0.330 e. The molecule has 16 atom stereocenters. The molecule has 14 N–H and O–H groups in total. The normalized spacial score (nSPS) is 34.8. The van der Waals surface area contributed by atoms with Crippen LogP contribution in [0.2, 0.25) is 0 Å². The van der Waals surface area contributed by atoms with Crippen LogP contribution in [-0.4, -0.2) is 183 Å². The Morgan fingerprint density at radius 1 is 0.631 bits per heavy atom. The topological polar surface area (TPSA) is 374 Å². The van der Waals surface area contributed by atoms with Crippen molar-refractivity contribution in [3.05, 3.63) is 77.1 Å². The van der Waals surface area contributed by atoms with Gasteiger partial charge in [0, 0.05) is 23.8 Å². The minimum Gasteiger partial charge on any atom is -0.508 e. The van der Waals surface area contributed by atoms with Crippen molar-refractivity contribution in [3.63, 3.8) is 0 Å². The van der Waals surface area contributed by atoms with Gasteiger partial charge in [0.1, 0.15) is 103 Å². The van der Waals surface area contributed by atoms with Gasteiger partial charge in [-0.05, 0) is 48.9 Å². The highest BCUT2D eigenvalue weighted by atomic mass is 16.7. The predicted octanol–water partition coefficient (Wildman–Crippen LogP) is -2.20. The first-order valence-electron chi connectivity index (χ1n) is 20.0. The lowest BCUT2D eigenvalue weighted by Crippen LogP contribution is -2.61. The van der Waals surface area contributed by atoms with Crippen molar-refractivity contribution in [1.82, 2.24) is 0 Å². The first-order chi connectivity index (χ1) is 30.8. The summed E-state index contributed by atoms with van der Waals surface area (Å²) in [4.78, 5) is 12.5. The summed E-state index contributed by atoms with van der Waals surface area (Å²) in [5.41, 5.74) is 0.346. The third kappa shape index (κ3) is 10.2. The van der Waals surface area contributed by atoms with Crippen LogP contribution in [0.15, 0.2) is 60.4 Å². The van der Waals surface area contributed by atoms with Gasteiger partial charge in [0.05, 0.1) is 18.3 Å². The fourth-order valence-electron chi connectivity index (χ4n) is 7.30. The Bertz CT molecular complexity index is 2190. The molecule has 0 amide bonds. The Morgan fingerprint density at radius 3 is 1.83 bits per heavy atom. The molecule has 354 valence electrons. The molecule has 4 heterocycles. The third-order valence-electron chi connectivity index (χ3n) is 11.0. The number of hydrogen-bond acceptors (Lipinski definition) is 23. The quantitative estimate of drug-likeness (QED) is 0.0521. The minimum absolute atomic E-state index is 0.0118. The van der Waals surface area contributed by atoms with Gasteiger partial charge in [0.25, 0.3) is 0 Å². The van der Waals surface area contributed by atoms with Gasteiger partial charge in [-0.2, -0.15) is 0 Å². The Kier molecular flexibility index (Phi) is 14.3. The summed E-state index contributed by atoms with van der Waals surface area (Å²) in [7, 11) is 0. The van der Waals surface area contributed by atoms with Crippen LogP contribution in [-0.2, 0) is 33.2 Å². The summed E-state index contributed by atoms with van der Waals surface area (Å²) in [5, 5.41) is 147. The summed E-state index contributed by atoms with van der Waals surface area (Å²) in [6.07, 6.45) is -23.6. The van der Waals surface area contributed by atoms with Gasteiger partial charge in [-0.15, -0.1) is 0 Å². The number of phenolic OH excluding ortho intramolecular Hbond substituents is 5. The Morgan fingerprint density at radius 2 is 1.20 bits per heavy atom. The lowest BCUT2D eigenvalue weighted by atomic mass is 9.98. The zero-order valence-electron chi connectivity index (χ0n) is 33.9. The number of benzene rings is 3. The molecule has 0 radical (unpaired) electrons. The second-order valence-corrected chi connectivity index (χ2v) is 15.6. The standard InChI is InChI=1S/C42H48O23/c1-15-29(48)33(52)36(55)40(60-15)59-14-27-32(51)35(54)38(57)42(65-27)63-25-12-20-23(61-39(25)17-8-21(45)30(49)22(46)9-17)10-19(44)11-24(20)62-41-37(56)34(53)31(50)26(64-41)13-58-28(47)7-4-16-2-5-18(43)6-3-16/h2-12,15,26-27,29,31-46,48-57H,13-14H2,1H3/b7-4+/t15-,26-,27-,29+,31-,32+,33+,34+,35-,36+,37-,38-,39?,40-,41-,42-/m1/s1. The monoisotopic (exact) mass is 920 g/mol. The average Bonchev–Trinajstić information content (AvgIpc) is 3.27. The van der Waals surface area contributed by atoms with Crippen LogP contribution in [0.25, 0.3) is 12.2 Å². The molecule has 65 heavy (non-hydrogen) atoms. The molecule has 1 unspecified atom stereocenters. The van der Waals surface area contributed by atoms with E-state index in [2.05, 4.69) is 0 Å². The van der Waals surface area contributed by atoms with E-state index >= 15 is 0 Å². The number of ether oxygens (including phenoxy) is 8. The second-order valence-electron chi connectivity index (χ2n) is 15.6. The zero-order chi connectivity index (χ0) is 47.0. The molecule has 0 aliphatic carbocycles.